The molecule has 25 heavy (non-hydrogen) atoms. The minimum absolute atomic E-state index is 0.0367. The van der Waals surface area contributed by atoms with Gasteiger partial charge in [0.25, 0.3) is 0 Å². The fourth-order valence-corrected chi connectivity index (χ4v) is 2.89. The van der Waals surface area contributed by atoms with Crippen molar-refractivity contribution in [3.05, 3.63) is 65.7 Å². The molecule has 128 valence electrons. The summed E-state index contributed by atoms with van der Waals surface area (Å²) in [5.41, 5.74) is 2.80. The SMILES string of the molecule is Cc1ccccc1C[C@@H]1C(=O)OB(c2ccccc2)OC(=O)CN1C. The predicted molar refractivity (Wildman–Crippen MR) is 95.3 cm³/mol. The molecule has 2 aromatic rings. The van der Waals surface area contributed by atoms with Gasteiger partial charge >= 0.3 is 19.1 Å². The highest BCUT2D eigenvalue weighted by molar-refractivity contribution is 6.64. The van der Waals surface area contributed by atoms with Gasteiger partial charge in [0.1, 0.15) is 6.04 Å². The van der Waals surface area contributed by atoms with Crippen molar-refractivity contribution in [2.24, 2.45) is 0 Å². The molecule has 1 aliphatic rings. The van der Waals surface area contributed by atoms with E-state index in [9.17, 15) is 9.59 Å². The van der Waals surface area contributed by atoms with Crippen molar-refractivity contribution < 1.29 is 18.9 Å². The number of rotatable bonds is 3. The first-order valence-electron chi connectivity index (χ1n) is 8.24. The molecule has 2 aromatic carbocycles. The van der Waals surface area contributed by atoms with Crippen LogP contribution < -0.4 is 5.46 Å². The molecule has 0 amide bonds. The third-order valence-corrected chi connectivity index (χ3v) is 4.39. The van der Waals surface area contributed by atoms with Gasteiger partial charge in [0.2, 0.25) is 0 Å². The molecule has 0 saturated carbocycles. The topological polar surface area (TPSA) is 55.8 Å². The number of nitrogens with zero attached hydrogens (tertiary/aromatic N) is 1. The molecule has 0 aliphatic carbocycles. The fourth-order valence-electron chi connectivity index (χ4n) is 2.89. The first-order chi connectivity index (χ1) is 12.0. The minimum atomic E-state index is -1.01. The molecule has 1 aliphatic heterocycles. The lowest BCUT2D eigenvalue weighted by Gasteiger charge is -2.30. The van der Waals surface area contributed by atoms with Crippen LogP contribution in [0.1, 0.15) is 11.1 Å². The molecule has 1 fully saturated rings. The molecule has 0 unspecified atom stereocenters. The van der Waals surface area contributed by atoms with Crippen molar-refractivity contribution in [1.29, 1.82) is 0 Å². The summed E-state index contributed by atoms with van der Waals surface area (Å²) in [5, 5.41) is 0. The van der Waals surface area contributed by atoms with Gasteiger partial charge in [0.05, 0.1) is 6.54 Å². The molecule has 0 radical (unpaired) electrons. The third-order valence-electron chi connectivity index (χ3n) is 4.39. The molecule has 1 heterocycles. The standard InChI is InChI=1S/C19H20BNO4/c1-14-8-6-7-9-15(14)12-17-19(23)25-20(16-10-4-3-5-11-16)24-18(22)13-21(17)2/h3-11,17H,12-13H2,1-2H3/t17-/m1/s1. The summed E-state index contributed by atoms with van der Waals surface area (Å²) in [4.78, 5) is 26.6. The number of carbonyl (C=O) groups is 2. The Morgan fingerprint density at radius 1 is 1.04 bits per heavy atom. The van der Waals surface area contributed by atoms with E-state index < -0.39 is 25.1 Å². The molecule has 6 heteroatoms. The largest absolute Gasteiger partial charge is 0.636 e. The predicted octanol–water partition coefficient (Wildman–Crippen LogP) is 1.33. The Balaban J connectivity index is 1.84. The molecule has 1 saturated heterocycles. The summed E-state index contributed by atoms with van der Waals surface area (Å²) in [5.74, 6) is -0.814. The number of carbonyl (C=O) groups excluding carboxylic acids is 2. The van der Waals surface area contributed by atoms with Gasteiger partial charge in [-0.15, -0.1) is 0 Å². The zero-order valence-electron chi connectivity index (χ0n) is 14.3. The van der Waals surface area contributed by atoms with Crippen LogP contribution in [-0.4, -0.2) is 43.6 Å². The van der Waals surface area contributed by atoms with Crippen LogP contribution in [0.5, 0.6) is 0 Å². The van der Waals surface area contributed by atoms with E-state index in [1.54, 1.807) is 24.1 Å². The van der Waals surface area contributed by atoms with Crippen molar-refractivity contribution in [2.45, 2.75) is 19.4 Å². The van der Waals surface area contributed by atoms with Gasteiger partial charge in [-0.1, -0.05) is 54.6 Å². The molecule has 0 aromatic heterocycles. The number of hydrogen-bond acceptors (Lipinski definition) is 5. The van der Waals surface area contributed by atoms with E-state index in [0.717, 1.165) is 11.1 Å². The second-order valence-corrected chi connectivity index (χ2v) is 6.23. The molecule has 3 rings (SSSR count). The summed E-state index contributed by atoms with van der Waals surface area (Å²) in [6.07, 6.45) is 0.483. The Bertz CT molecular complexity index is 765. The first kappa shape index (κ1) is 17.2. The molecule has 5 nitrogen and oxygen atoms in total. The van der Waals surface area contributed by atoms with Crippen LogP contribution >= 0.6 is 0 Å². The second kappa shape index (κ2) is 7.53. The monoisotopic (exact) mass is 337 g/mol. The van der Waals surface area contributed by atoms with Crippen molar-refractivity contribution in [1.82, 2.24) is 4.90 Å². The van der Waals surface area contributed by atoms with Crippen molar-refractivity contribution in [3.63, 3.8) is 0 Å². The van der Waals surface area contributed by atoms with Crippen LogP contribution in [0.25, 0.3) is 0 Å². The van der Waals surface area contributed by atoms with Crippen molar-refractivity contribution in [3.8, 4) is 0 Å². The Morgan fingerprint density at radius 3 is 2.44 bits per heavy atom. The Morgan fingerprint density at radius 2 is 1.72 bits per heavy atom. The van der Waals surface area contributed by atoms with Gasteiger partial charge in [-0.05, 0) is 31.5 Å². The van der Waals surface area contributed by atoms with Crippen LogP contribution in [-0.2, 0) is 25.3 Å². The number of likely N-dealkylation sites (N-methyl/N-ethyl adjacent to an activating group) is 1. The highest BCUT2D eigenvalue weighted by Crippen LogP contribution is 2.16. The van der Waals surface area contributed by atoms with E-state index in [2.05, 4.69) is 0 Å². The third kappa shape index (κ3) is 4.09. The average molecular weight is 337 g/mol. The maximum atomic E-state index is 12.7. The van der Waals surface area contributed by atoms with Crippen LogP contribution in [0.4, 0.5) is 0 Å². The molecule has 0 bridgehead atoms. The zero-order chi connectivity index (χ0) is 17.8. The maximum Gasteiger partial charge on any atom is 0.636 e. The number of benzene rings is 2. The normalized spacial score (nSPS) is 19.0. The van der Waals surface area contributed by atoms with E-state index in [0.29, 0.717) is 11.9 Å². The lowest BCUT2D eigenvalue weighted by molar-refractivity contribution is -0.149. The Labute approximate surface area is 147 Å². The molecular weight excluding hydrogens is 317 g/mol. The van der Waals surface area contributed by atoms with Crippen molar-refractivity contribution in [2.75, 3.05) is 13.6 Å². The quantitative estimate of drug-likeness (QED) is 0.791. The van der Waals surface area contributed by atoms with E-state index in [-0.39, 0.29) is 6.54 Å². The lowest BCUT2D eigenvalue weighted by Crippen LogP contribution is -2.53. The van der Waals surface area contributed by atoms with Gasteiger partial charge in [-0.25, -0.2) is 0 Å². The maximum absolute atomic E-state index is 12.7. The van der Waals surface area contributed by atoms with Crippen LogP contribution in [0.3, 0.4) is 0 Å². The highest BCUT2D eigenvalue weighted by Gasteiger charge is 2.38. The second-order valence-electron chi connectivity index (χ2n) is 6.23. The number of aryl methyl sites for hydroxylation is 1. The van der Waals surface area contributed by atoms with Crippen LogP contribution in [0, 0.1) is 6.92 Å². The zero-order valence-corrected chi connectivity index (χ0v) is 14.3. The summed E-state index contributed by atoms with van der Waals surface area (Å²) in [7, 11) is 0.725. The summed E-state index contributed by atoms with van der Waals surface area (Å²) < 4.78 is 10.8. The molecule has 1 atom stereocenters. The lowest BCUT2D eigenvalue weighted by atomic mass is 9.78. The van der Waals surface area contributed by atoms with Crippen LogP contribution in [0.15, 0.2) is 54.6 Å². The molecular formula is C19H20BNO4. The molecule has 0 spiro atoms. The van der Waals surface area contributed by atoms with Crippen LogP contribution in [0.2, 0.25) is 0 Å². The Kier molecular flexibility index (Phi) is 5.19. The summed E-state index contributed by atoms with van der Waals surface area (Å²) >= 11 is 0. The summed E-state index contributed by atoms with van der Waals surface area (Å²) in [6, 6.07) is 16.4. The Hall–Kier alpha value is -2.60. The van der Waals surface area contributed by atoms with Gasteiger partial charge in [-0.2, -0.15) is 0 Å². The van der Waals surface area contributed by atoms with E-state index in [4.69, 9.17) is 9.31 Å². The van der Waals surface area contributed by atoms with Gasteiger partial charge in [0.15, 0.2) is 0 Å². The molecule has 0 N–H and O–H groups in total. The minimum Gasteiger partial charge on any atom is -0.494 e. The smallest absolute Gasteiger partial charge is 0.494 e. The summed E-state index contributed by atoms with van der Waals surface area (Å²) in [6.45, 7) is 2.04. The van der Waals surface area contributed by atoms with Gasteiger partial charge in [0, 0.05) is 5.46 Å². The number of hydrogen-bond donors (Lipinski definition) is 0. The van der Waals surface area contributed by atoms with Gasteiger partial charge in [-0.3, -0.25) is 14.5 Å². The fraction of sp³-hybridized carbons (Fsp3) is 0.263. The van der Waals surface area contributed by atoms with E-state index in [1.807, 2.05) is 49.4 Å². The van der Waals surface area contributed by atoms with Gasteiger partial charge < -0.3 is 9.31 Å². The van der Waals surface area contributed by atoms with Crippen molar-refractivity contribution >= 4 is 24.5 Å². The first-order valence-corrected chi connectivity index (χ1v) is 8.24. The van der Waals surface area contributed by atoms with E-state index >= 15 is 0 Å². The average Bonchev–Trinajstić information content (AvgIpc) is 2.60. The highest BCUT2D eigenvalue weighted by atomic mass is 16.6. The van der Waals surface area contributed by atoms with E-state index in [1.165, 1.54) is 0 Å².